The van der Waals surface area contributed by atoms with Gasteiger partial charge in [-0.1, -0.05) is 6.42 Å². The van der Waals surface area contributed by atoms with Gasteiger partial charge < -0.3 is 15.4 Å². The molecule has 140 valence electrons. The summed E-state index contributed by atoms with van der Waals surface area (Å²) in [5.41, 5.74) is 0.464. The van der Waals surface area contributed by atoms with Gasteiger partial charge in [0.15, 0.2) is 0 Å². The average Bonchev–Trinajstić information content (AvgIpc) is 2.62. The quantitative estimate of drug-likeness (QED) is 0.683. The Bertz CT molecular complexity index is 685. The lowest BCUT2D eigenvalue weighted by Crippen LogP contribution is -2.35. The van der Waals surface area contributed by atoms with Gasteiger partial charge in [-0.3, -0.25) is 4.79 Å². The van der Waals surface area contributed by atoms with Crippen molar-refractivity contribution in [2.24, 2.45) is 0 Å². The molecular weight excluding hydrogens is 342 g/mol. The van der Waals surface area contributed by atoms with E-state index >= 15 is 0 Å². The average molecular weight is 369 g/mol. The van der Waals surface area contributed by atoms with Gasteiger partial charge >= 0.3 is 0 Å². The monoisotopic (exact) mass is 369 g/mol. The first kappa shape index (κ1) is 19.7. The standard InChI is InChI=1S/C17H27N3O4S/c1-18-10-6-7-17(21)19-14-8-9-15(24-2)16(13-14)25(22,23)20-11-4-3-5-12-20/h8-9,13,18H,3-7,10-12H2,1-2H3,(H,19,21). The SMILES string of the molecule is CNCCCC(=O)Nc1ccc(OC)c(S(=O)(=O)N2CCCCC2)c1. The maximum Gasteiger partial charge on any atom is 0.246 e. The summed E-state index contributed by atoms with van der Waals surface area (Å²) in [6.07, 6.45) is 3.87. The van der Waals surface area contributed by atoms with Crippen LogP contribution in [0, 0.1) is 0 Å². The first-order valence-electron chi connectivity index (χ1n) is 8.61. The Kier molecular flexibility index (Phi) is 7.22. The van der Waals surface area contributed by atoms with E-state index < -0.39 is 10.0 Å². The zero-order valence-corrected chi connectivity index (χ0v) is 15.7. The van der Waals surface area contributed by atoms with Gasteiger partial charge in [-0.2, -0.15) is 4.31 Å². The molecule has 2 N–H and O–H groups in total. The number of ether oxygens (including phenoxy) is 1. The predicted molar refractivity (Wildman–Crippen MR) is 97.4 cm³/mol. The van der Waals surface area contributed by atoms with Crippen molar-refractivity contribution in [3.05, 3.63) is 18.2 Å². The topological polar surface area (TPSA) is 87.7 Å². The summed E-state index contributed by atoms with van der Waals surface area (Å²) >= 11 is 0. The second-order valence-corrected chi connectivity index (χ2v) is 7.99. The number of carbonyl (C=O) groups excluding carboxylic acids is 1. The van der Waals surface area contributed by atoms with Gasteiger partial charge in [0.1, 0.15) is 10.6 Å². The van der Waals surface area contributed by atoms with Gasteiger partial charge in [0.2, 0.25) is 15.9 Å². The maximum atomic E-state index is 12.9. The predicted octanol–water partition coefficient (Wildman–Crippen LogP) is 1.81. The molecule has 1 heterocycles. The first-order valence-corrected chi connectivity index (χ1v) is 10.1. The zero-order chi connectivity index (χ0) is 18.3. The lowest BCUT2D eigenvalue weighted by Gasteiger charge is -2.26. The van der Waals surface area contributed by atoms with Crippen LogP contribution < -0.4 is 15.4 Å². The van der Waals surface area contributed by atoms with Crippen LogP contribution in [0.15, 0.2) is 23.1 Å². The molecule has 1 fully saturated rings. The fourth-order valence-electron chi connectivity index (χ4n) is 2.85. The van der Waals surface area contributed by atoms with E-state index in [2.05, 4.69) is 10.6 Å². The Hall–Kier alpha value is -1.64. The molecule has 0 aromatic heterocycles. The van der Waals surface area contributed by atoms with E-state index in [0.717, 1.165) is 32.2 Å². The summed E-state index contributed by atoms with van der Waals surface area (Å²) in [5.74, 6) is 0.153. The molecule has 0 spiro atoms. The van der Waals surface area contributed by atoms with Gasteiger partial charge in [-0.15, -0.1) is 0 Å². The fourth-order valence-corrected chi connectivity index (χ4v) is 4.55. The summed E-state index contributed by atoms with van der Waals surface area (Å²) in [6.45, 7) is 1.79. The highest BCUT2D eigenvalue weighted by atomic mass is 32.2. The van der Waals surface area contributed by atoms with Crippen LogP contribution in [-0.2, 0) is 14.8 Å². The zero-order valence-electron chi connectivity index (χ0n) is 14.9. The number of methoxy groups -OCH3 is 1. The second-order valence-electron chi connectivity index (χ2n) is 6.09. The van der Waals surface area contributed by atoms with Crippen LogP contribution in [0.4, 0.5) is 5.69 Å². The number of rotatable bonds is 8. The molecule has 0 saturated carbocycles. The van der Waals surface area contributed by atoms with Crippen molar-refractivity contribution >= 4 is 21.6 Å². The molecule has 1 aromatic carbocycles. The number of carbonyl (C=O) groups is 1. The van der Waals surface area contributed by atoms with Gasteiger partial charge in [0, 0.05) is 25.2 Å². The number of benzene rings is 1. The Balaban J connectivity index is 2.20. The molecule has 1 aromatic rings. The van der Waals surface area contributed by atoms with Gasteiger partial charge in [-0.25, -0.2) is 8.42 Å². The Morgan fingerprint density at radius 1 is 1.24 bits per heavy atom. The third kappa shape index (κ3) is 5.17. The van der Waals surface area contributed by atoms with E-state index in [1.807, 2.05) is 7.05 Å². The second kappa shape index (κ2) is 9.17. The molecule has 0 unspecified atom stereocenters. The van der Waals surface area contributed by atoms with E-state index in [9.17, 15) is 13.2 Å². The number of sulfonamides is 1. The number of nitrogens with zero attached hydrogens (tertiary/aromatic N) is 1. The highest BCUT2D eigenvalue weighted by molar-refractivity contribution is 7.89. The smallest absolute Gasteiger partial charge is 0.246 e. The normalized spacial score (nSPS) is 15.8. The van der Waals surface area contributed by atoms with Crippen molar-refractivity contribution in [3.8, 4) is 5.75 Å². The molecule has 8 heteroatoms. The summed E-state index contributed by atoms with van der Waals surface area (Å²) < 4.78 is 32.6. The minimum absolute atomic E-state index is 0.102. The number of hydrogen-bond donors (Lipinski definition) is 2. The van der Waals surface area contributed by atoms with E-state index in [-0.39, 0.29) is 10.8 Å². The molecule has 2 rings (SSSR count). The van der Waals surface area contributed by atoms with E-state index in [4.69, 9.17) is 4.74 Å². The summed E-state index contributed by atoms with van der Waals surface area (Å²) in [5, 5.41) is 5.75. The van der Waals surface area contributed by atoms with Crippen LogP contribution in [0.2, 0.25) is 0 Å². The number of piperidine rings is 1. The van der Waals surface area contributed by atoms with E-state index in [0.29, 0.717) is 30.9 Å². The third-order valence-electron chi connectivity index (χ3n) is 4.21. The van der Waals surface area contributed by atoms with Crippen LogP contribution in [0.3, 0.4) is 0 Å². The van der Waals surface area contributed by atoms with Crippen molar-refractivity contribution in [3.63, 3.8) is 0 Å². The van der Waals surface area contributed by atoms with E-state index in [1.165, 1.54) is 17.5 Å². The molecule has 1 amide bonds. The van der Waals surface area contributed by atoms with Crippen molar-refractivity contribution in [1.29, 1.82) is 0 Å². The van der Waals surface area contributed by atoms with Gasteiger partial charge in [-0.05, 0) is 51.1 Å². The van der Waals surface area contributed by atoms with Gasteiger partial charge in [0.05, 0.1) is 7.11 Å². The van der Waals surface area contributed by atoms with Crippen molar-refractivity contribution in [2.75, 3.05) is 39.1 Å². The Morgan fingerprint density at radius 3 is 2.60 bits per heavy atom. The highest BCUT2D eigenvalue weighted by Gasteiger charge is 2.29. The van der Waals surface area contributed by atoms with Crippen LogP contribution in [0.1, 0.15) is 32.1 Å². The van der Waals surface area contributed by atoms with Crippen LogP contribution in [0.25, 0.3) is 0 Å². The molecule has 0 atom stereocenters. The molecule has 1 aliphatic rings. The number of hydrogen-bond acceptors (Lipinski definition) is 5. The van der Waals surface area contributed by atoms with Crippen molar-refractivity contribution < 1.29 is 17.9 Å². The molecule has 0 bridgehead atoms. The number of nitrogens with one attached hydrogen (secondary N) is 2. The molecule has 0 aliphatic carbocycles. The van der Waals surface area contributed by atoms with Crippen LogP contribution in [-0.4, -0.2) is 52.4 Å². The summed E-state index contributed by atoms with van der Waals surface area (Å²) in [7, 11) is -0.359. The Labute approximate surface area is 149 Å². The molecular formula is C17H27N3O4S. The minimum atomic E-state index is -3.64. The van der Waals surface area contributed by atoms with Gasteiger partial charge in [0.25, 0.3) is 0 Å². The number of amides is 1. The third-order valence-corrected chi connectivity index (χ3v) is 6.13. The summed E-state index contributed by atoms with van der Waals surface area (Å²) in [4.78, 5) is 12.1. The highest BCUT2D eigenvalue weighted by Crippen LogP contribution is 2.31. The minimum Gasteiger partial charge on any atom is -0.495 e. The van der Waals surface area contributed by atoms with Crippen LogP contribution in [0.5, 0.6) is 5.75 Å². The summed E-state index contributed by atoms with van der Waals surface area (Å²) in [6, 6.07) is 4.73. The number of anilines is 1. The Morgan fingerprint density at radius 2 is 1.96 bits per heavy atom. The molecule has 0 radical (unpaired) electrons. The lowest BCUT2D eigenvalue weighted by molar-refractivity contribution is -0.116. The molecule has 7 nitrogen and oxygen atoms in total. The fraction of sp³-hybridized carbons (Fsp3) is 0.588. The van der Waals surface area contributed by atoms with Crippen molar-refractivity contribution in [1.82, 2.24) is 9.62 Å². The first-order chi connectivity index (χ1) is 12.0. The maximum absolute atomic E-state index is 12.9. The molecule has 25 heavy (non-hydrogen) atoms. The van der Waals surface area contributed by atoms with Crippen molar-refractivity contribution in [2.45, 2.75) is 37.0 Å². The molecule has 1 aliphatic heterocycles. The van der Waals surface area contributed by atoms with E-state index in [1.54, 1.807) is 12.1 Å². The largest absolute Gasteiger partial charge is 0.495 e. The molecule has 1 saturated heterocycles. The lowest BCUT2D eigenvalue weighted by atomic mass is 10.2. The van der Waals surface area contributed by atoms with Crippen LogP contribution >= 0.6 is 0 Å².